The predicted molar refractivity (Wildman–Crippen MR) is 54.4 cm³/mol. The molecule has 74 valence electrons. The molecule has 3 heteroatoms. The van der Waals surface area contributed by atoms with Crippen molar-refractivity contribution in [3.63, 3.8) is 0 Å². The van der Waals surface area contributed by atoms with E-state index >= 15 is 0 Å². The number of hydrogen-bond donors (Lipinski definition) is 1. The second-order valence-corrected chi connectivity index (χ2v) is 4.06. The first kappa shape index (κ1) is 10.3. The summed E-state index contributed by atoms with van der Waals surface area (Å²) >= 11 is 0. The van der Waals surface area contributed by atoms with Crippen molar-refractivity contribution in [3.05, 3.63) is 18.0 Å². The molecule has 2 unspecified atom stereocenters. The second-order valence-electron chi connectivity index (χ2n) is 4.06. The summed E-state index contributed by atoms with van der Waals surface area (Å²) in [5.74, 6) is 0.893. The highest BCUT2D eigenvalue weighted by Gasteiger charge is 2.18. The molecule has 0 saturated heterocycles. The molecule has 2 atom stereocenters. The smallest absolute Gasteiger partial charge is 0.0524 e. The number of aryl methyl sites for hydroxylation is 1. The summed E-state index contributed by atoms with van der Waals surface area (Å²) in [6.07, 6.45) is 3.93. The molecule has 0 saturated carbocycles. The van der Waals surface area contributed by atoms with Gasteiger partial charge >= 0.3 is 0 Å². The molecule has 1 rings (SSSR count). The largest absolute Gasteiger partial charge is 0.327 e. The fraction of sp³-hybridized carbons (Fsp3) is 0.700. The third kappa shape index (κ3) is 2.31. The van der Waals surface area contributed by atoms with Gasteiger partial charge in [0, 0.05) is 19.3 Å². The third-order valence-corrected chi connectivity index (χ3v) is 2.60. The van der Waals surface area contributed by atoms with Gasteiger partial charge in [-0.15, -0.1) is 0 Å². The maximum atomic E-state index is 6.06. The SMILES string of the molecule is CC(C)C(N)C(C)c1cnn(C)c1. The van der Waals surface area contributed by atoms with Gasteiger partial charge in [0.15, 0.2) is 0 Å². The lowest BCUT2D eigenvalue weighted by Crippen LogP contribution is -2.31. The first-order chi connectivity index (χ1) is 6.02. The van der Waals surface area contributed by atoms with Crippen LogP contribution >= 0.6 is 0 Å². The lowest BCUT2D eigenvalue weighted by Gasteiger charge is -2.22. The van der Waals surface area contributed by atoms with E-state index in [1.807, 2.05) is 24.1 Å². The van der Waals surface area contributed by atoms with Crippen molar-refractivity contribution in [1.82, 2.24) is 9.78 Å². The molecule has 1 aromatic heterocycles. The van der Waals surface area contributed by atoms with Crippen LogP contribution in [0.15, 0.2) is 12.4 Å². The Morgan fingerprint density at radius 1 is 1.38 bits per heavy atom. The molecule has 0 fully saturated rings. The standard InChI is InChI=1S/C10H19N3/c1-7(2)10(11)8(3)9-5-12-13(4)6-9/h5-8,10H,11H2,1-4H3. The van der Waals surface area contributed by atoms with Crippen molar-refractivity contribution < 1.29 is 0 Å². The van der Waals surface area contributed by atoms with E-state index in [0.29, 0.717) is 11.8 Å². The first-order valence-electron chi connectivity index (χ1n) is 4.76. The van der Waals surface area contributed by atoms with Gasteiger partial charge < -0.3 is 5.73 Å². The molecule has 3 nitrogen and oxygen atoms in total. The average Bonchev–Trinajstić information content (AvgIpc) is 2.49. The van der Waals surface area contributed by atoms with Crippen LogP contribution in [0.5, 0.6) is 0 Å². The maximum absolute atomic E-state index is 6.06. The molecule has 0 amide bonds. The van der Waals surface area contributed by atoms with Gasteiger partial charge in [0.05, 0.1) is 6.20 Å². The third-order valence-electron chi connectivity index (χ3n) is 2.60. The zero-order chi connectivity index (χ0) is 10.0. The summed E-state index contributed by atoms with van der Waals surface area (Å²) in [6.45, 7) is 6.46. The van der Waals surface area contributed by atoms with Crippen LogP contribution in [0.4, 0.5) is 0 Å². The second kappa shape index (κ2) is 3.92. The Morgan fingerprint density at radius 2 is 2.00 bits per heavy atom. The van der Waals surface area contributed by atoms with Crippen LogP contribution in [-0.2, 0) is 7.05 Å². The molecule has 0 aliphatic heterocycles. The van der Waals surface area contributed by atoms with E-state index < -0.39 is 0 Å². The summed E-state index contributed by atoms with van der Waals surface area (Å²) in [4.78, 5) is 0. The number of nitrogens with two attached hydrogens (primary N) is 1. The fourth-order valence-electron chi connectivity index (χ4n) is 1.47. The van der Waals surface area contributed by atoms with E-state index in [4.69, 9.17) is 5.73 Å². The van der Waals surface area contributed by atoms with Crippen molar-refractivity contribution in [2.45, 2.75) is 32.7 Å². The van der Waals surface area contributed by atoms with Crippen LogP contribution in [0, 0.1) is 5.92 Å². The van der Waals surface area contributed by atoms with Gasteiger partial charge in [-0.25, -0.2) is 0 Å². The molecule has 0 bridgehead atoms. The average molecular weight is 181 g/mol. The predicted octanol–water partition coefficient (Wildman–Crippen LogP) is 1.51. The Bertz CT molecular complexity index is 265. The van der Waals surface area contributed by atoms with Crippen LogP contribution < -0.4 is 5.73 Å². The summed E-state index contributed by atoms with van der Waals surface area (Å²) in [5.41, 5.74) is 7.29. The molecule has 0 spiro atoms. The number of aromatic nitrogens is 2. The fourth-order valence-corrected chi connectivity index (χ4v) is 1.47. The molecular weight excluding hydrogens is 162 g/mol. The Balaban J connectivity index is 2.73. The van der Waals surface area contributed by atoms with Gasteiger partial charge in [0.2, 0.25) is 0 Å². The van der Waals surface area contributed by atoms with Crippen molar-refractivity contribution in [1.29, 1.82) is 0 Å². The number of nitrogens with zero attached hydrogens (tertiary/aromatic N) is 2. The van der Waals surface area contributed by atoms with Gasteiger partial charge in [-0.2, -0.15) is 5.10 Å². The highest BCUT2D eigenvalue weighted by molar-refractivity contribution is 5.12. The molecule has 1 aromatic rings. The first-order valence-corrected chi connectivity index (χ1v) is 4.76. The molecule has 0 aromatic carbocycles. The topological polar surface area (TPSA) is 43.8 Å². The van der Waals surface area contributed by atoms with E-state index in [-0.39, 0.29) is 6.04 Å². The van der Waals surface area contributed by atoms with E-state index in [9.17, 15) is 0 Å². The molecule has 0 aliphatic rings. The Morgan fingerprint density at radius 3 is 2.38 bits per heavy atom. The molecule has 2 N–H and O–H groups in total. The maximum Gasteiger partial charge on any atom is 0.0524 e. The van der Waals surface area contributed by atoms with Crippen LogP contribution in [-0.4, -0.2) is 15.8 Å². The van der Waals surface area contributed by atoms with E-state index in [1.165, 1.54) is 5.56 Å². The van der Waals surface area contributed by atoms with Crippen molar-refractivity contribution in [2.75, 3.05) is 0 Å². The van der Waals surface area contributed by atoms with Crippen molar-refractivity contribution in [3.8, 4) is 0 Å². The van der Waals surface area contributed by atoms with Gasteiger partial charge in [-0.05, 0) is 17.4 Å². The molecule has 0 radical (unpaired) electrons. The normalized spacial score (nSPS) is 16.2. The summed E-state index contributed by atoms with van der Waals surface area (Å²) in [5, 5.41) is 4.14. The molecule has 13 heavy (non-hydrogen) atoms. The number of hydrogen-bond acceptors (Lipinski definition) is 2. The summed E-state index contributed by atoms with van der Waals surface area (Å²) < 4.78 is 1.82. The minimum Gasteiger partial charge on any atom is -0.327 e. The molecule has 0 aliphatic carbocycles. The zero-order valence-electron chi connectivity index (χ0n) is 8.86. The van der Waals surface area contributed by atoms with E-state index in [2.05, 4.69) is 25.9 Å². The molecule has 1 heterocycles. The Hall–Kier alpha value is -0.830. The monoisotopic (exact) mass is 181 g/mol. The van der Waals surface area contributed by atoms with E-state index in [0.717, 1.165) is 0 Å². The van der Waals surface area contributed by atoms with Crippen molar-refractivity contribution >= 4 is 0 Å². The Labute approximate surface area is 79.9 Å². The zero-order valence-corrected chi connectivity index (χ0v) is 8.86. The van der Waals surface area contributed by atoms with Crippen LogP contribution in [0.1, 0.15) is 32.3 Å². The Kier molecular flexibility index (Phi) is 3.09. The molecular formula is C10H19N3. The van der Waals surface area contributed by atoms with Crippen LogP contribution in [0.3, 0.4) is 0 Å². The van der Waals surface area contributed by atoms with Crippen LogP contribution in [0.25, 0.3) is 0 Å². The van der Waals surface area contributed by atoms with Gasteiger partial charge in [-0.1, -0.05) is 20.8 Å². The highest BCUT2D eigenvalue weighted by atomic mass is 15.2. The quantitative estimate of drug-likeness (QED) is 0.768. The van der Waals surface area contributed by atoms with Gasteiger partial charge in [0.25, 0.3) is 0 Å². The number of rotatable bonds is 3. The lowest BCUT2D eigenvalue weighted by atomic mass is 9.89. The van der Waals surface area contributed by atoms with Crippen molar-refractivity contribution in [2.24, 2.45) is 18.7 Å². The van der Waals surface area contributed by atoms with E-state index in [1.54, 1.807) is 0 Å². The highest BCUT2D eigenvalue weighted by Crippen LogP contribution is 2.21. The summed E-state index contributed by atoms with van der Waals surface area (Å²) in [7, 11) is 1.93. The summed E-state index contributed by atoms with van der Waals surface area (Å²) in [6, 6.07) is 0.212. The van der Waals surface area contributed by atoms with Crippen LogP contribution in [0.2, 0.25) is 0 Å². The minimum atomic E-state index is 0.212. The minimum absolute atomic E-state index is 0.212. The van der Waals surface area contributed by atoms with Gasteiger partial charge in [0.1, 0.15) is 0 Å². The van der Waals surface area contributed by atoms with Gasteiger partial charge in [-0.3, -0.25) is 4.68 Å². The lowest BCUT2D eigenvalue weighted by molar-refractivity contribution is 0.434.